The number of para-hydroxylation sites is 2. The normalized spacial score (nSPS) is 11.0. The van der Waals surface area contributed by atoms with Gasteiger partial charge < -0.3 is 23.2 Å². The Morgan fingerprint density at radius 1 is 1.11 bits per heavy atom. The van der Waals surface area contributed by atoms with E-state index in [-0.39, 0.29) is 24.8 Å². The van der Waals surface area contributed by atoms with Crippen LogP contribution in [0.15, 0.2) is 70.4 Å². The Morgan fingerprint density at radius 3 is 2.80 bits per heavy atom. The fraction of sp³-hybridized carbons (Fsp3) is 0.200. The number of rotatable bonds is 10. The lowest BCUT2D eigenvalue weighted by atomic mass is 10.2. The summed E-state index contributed by atoms with van der Waals surface area (Å²) in [6, 6.07) is 16.0. The summed E-state index contributed by atoms with van der Waals surface area (Å²) < 4.78 is 23.3. The van der Waals surface area contributed by atoms with Crippen LogP contribution < -0.4 is 14.9 Å². The number of esters is 1. The summed E-state index contributed by atoms with van der Waals surface area (Å²) >= 11 is 0. The van der Waals surface area contributed by atoms with Gasteiger partial charge in [-0.05, 0) is 55.0 Å². The highest BCUT2D eigenvalue weighted by Gasteiger charge is 2.13. The van der Waals surface area contributed by atoms with Crippen LogP contribution in [-0.4, -0.2) is 41.4 Å². The first-order valence-corrected chi connectivity index (χ1v) is 10.9. The van der Waals surface area contributed by atoms with Gasteiger partial charge in [0.2, 0.25) is 5.76 Å². The number of benzene rings is 2. The molecule has 0 aliphatic heterocycles. The summed E-state index contributed by atoms with van der Waals surface area (Å²) in [6.45, 7) is 2.49. The number of nitrogens with zero attached hydrogens (tertiary/aromatic N) is 3. The Kier molecular flexibility index (Phi) is 7.41. The molecule has 0 spiro atoms. The quantitative estimate of drug-likeness (QED) is 0.211. The van der Waals surface area contributed by atoms with Crippen molar-refractivity contribution >= 4 is 29.1 Å². The molecule has 0 saturated carbocycles. The van der Waals surface area contributed by atoms with E-state index in [1.54, 1.807) is 35.2 Å². The predicted octanol–water partition coefficient (Wildman–Crippen LogP) is 3.54. The van der Waals surface area contributed by atoms with E-state index in [1.165, 1.54) is 19.4 Å². The third-order valence-corrected chi connectivity index (χ3v) is 4.93. The minimum absolute atomic E-state index is 0.0965. The third kappa shape index (κ3) is 5.85. The number of nitrogens with one attached hydrogen (secondary N) is 1. The van der Waals surface area contributed by atoms with Gasteiger partial charge in [-0.3, -0.25) is 4.79 Å². The molecule has 2 aromatic carbocycles. The average Bonchev–Trinajstić information content (AvgIpc) is 3.51. The SMILES string of the molecule is CCOc1cc(/C=N/NC(=O)Cn2cnc3ccccc32)ccc1OCc1ccc(C(=O)OC)o1. The summed E-state index contributed by atoms with van der Waals surface area (Å²) in [7, 11) is 1.28. The van der Waals surface area contributed by atoms with Gasteiger partial charge in [-0.2, -0.15) is 5.10 Å². The molecule has 0 bridgehead atoms. The number of fused-ring (bicyclic) bond motifs is 1. The molecular formula is C25H24N4O6. The smallest absolute Gasteiger partial charge is 0.373 e. The summed E-state index contributed by atoms with van der Waals surface area (Å²) in [4.78, 5) is 28.1. The number of aromatic nitrogens is 2. The number of imidazole rings is 1. The fourth-order valence-corrected chi connectivity index (χ4v) is 3.31. The topological polar surface area (TPSA) is 117 Å². The van der Waals surface area contributed by atoms with Crippen LogP contribution in [0, 0.1) is 0 Å². The molecule has 0 fully saturated rings. The molecule has 35 heavy (non-hydrogen) atoms. The van der Waals surface area contributed by atoms with Crippen LogP contribution in [0.1, 0.15) is 28.8 Å². The number of hydrogen-bond acceptors (Lipinski definition) is 8. The van der Waals surface area contributed by atoms with E-state index in [0.717, 1.165) is 11.0 Å². The largest absolute Gasteiger partial charge is 0.490 e. The van der Waals surface area contributed by atoms with Gasteiger partial charge in [0.15, 0.2) is 11.5 Å². The van der Waals surface area contributed by atoms with Crippen molar-refractivity contribution in [2.45, 2.75) is 20.1 Å². The molecule has 0 unspecified atom stereocenters. The summed E-state index contributed by atoms with van der Waals surface area (Å²) in [5, 5.41) is 4.04. The van der Waals surface area contributed by atoms with Gasteiger partial charge in [-0.25, -0.2) is 15.2 Å². The maximum absolute atomic E-state index is 12.3. The Labute approximate surface area is 201 Å². The highest BCUT2D eigenvalue weighted by molar-refractivity contribution is 5.86. The second-order valence-corrected chi connectivity index (χ2v) is 7.34. The van der Waals surface area contributed by atoms with Gasteiger partial charge in [0.25, 0.3) is 5.91 Å². The standard InChI is InChI=1S/C25H24N4O6/c1-3-33-23-12-17(8-10-21(23)34-15-18-9-11-22(35-18)25(31)32-2)13-27-28-24(30)14-29-16-26-19-6-4-5-7-20(19)29/h4-13,16H,3,14-15H2,1-2H3,(H,28,30)/b27-13+. The van der Waals surface area contributed by atoms with E-state index in [2.05, 4.69) is 20.2 Å². The molecule has 0 aliphatic rings. The molecule has 0 saturated heterocycles. The molecule has 4 aromatic rings. The number of methoxy groups -OCH3 is 1. The zero-order valence-electron chi connectivity index (χ0n) is 19.3. The van der Waals surface area contributed by atoms with E-state index in [0.29, 0.717) is 29.4 Å². The molecule has 10 nitrogen and oxygen atoms in total. The van der Waals surface area contributed by atoms with E-state index in [4.69, 9.17) is 13.9 Å². The van der Waals surface area contributed by atoms with Crippen LogP contribution in [-0.2, 0) is 22.7 Å². The summed E-state index contributed by atoms with van der Waals surface area (Å²) in [6.07, 6.45) is 3.14. The van der Waals surface area contributed by atoms with Gasteiger partial charge in [-0.15, -0.1) is 0 Å². The minimum atomic E-state index is -0.555. The number of carbonyl (C=O) groups is 2. The van der Waals surface area contributed by atoms with E-state index in [1.807, 2.05) is 31.2 Å². The first-order valence-electron chi connectivity index (χ1n) is 10.9. The number of furan rings is 1. The first-order chi connectivity index (χ1) is 17.1. The van der Waals surface area contributed by atoms with Crippen LogP contribution >= 0.6 is 0 Å². The van der Waals surface area contributed by atoms with Crippen molar-refractivity contribution in [3.05, 3.63) is 78.0 Å². The van der Waals surface area contributed by atoms with Gasteiger partial charge in [-0.1, -0.05) is 12.1 Å². The molecule has 0 atom stereocenters. The van der Waals surface area contributed by atoms with Crippen molar-refractivity contribution in [3.8, 4) is 11.5 Å². The molecule has 2 heterocycles. The molecule has 1 amide bonds. The number of carbonyl (C=O) groups excluding carboxylic acids is 2. The van der Waals surface area contributed by atoms with E-state index in [9.17, 15) is 9.59 Å². The van der Waals surface area contributed by atoms with Crippen LogP contribution in [0.2, 0.25) is 0 Å². The molecule has 10 heteroatoms. The van der Waals surface area contributed by atoms with E-state index >= 15 is 0 Å². The highest BCUT2D eigenvalue weighted by Crippen LogP contribution is 2.29. The molecule has 180 valence electrons. The minimum Gasteiger partial charge on any atom is -0.490 e. The van der Waals surface area contributed by atoms with Gasteiger partial charge in [0.05, 0.1) is 37.3 Å². The fourth-order valence-electron chi connectivity index (χ4n) is 3.31. The van der Waals surface area contributed by atoms with Crippen molar-refractivity contribution in [3.63, 3.8) is 0 Å². The van der Waals surface area contributed by atoms with Gasteiger partial charge in [0.1, 0.15) is 18.9 Å². The highest BCUT2D eigenvalue weighted by atomic mass is 16.5. The predicted molar refractivity (Wildman–Crippen MR) is 127 cm³/mol. The summed E-state index contributed by atoms with van der Waals surface area (Å²) in [5.74, 6) is 0.737. The van der Waals surface area contributed by atoms with E-state index < -0.39 is 5.97 Å². The maximum Gasteiger partial charge on any atom is 0.373 e. The second-order valence-electron chi connectivity index (χ2n) is 7.34. The molecule has 0 aliphatic carbocycles. The van der Waals surface area contributed by atoms with Crippen molar-refractivity contribution in [2.24, 2.45) is 5.10 Å². The lowest BCUT2D eigenvalue weighted by Crippen LogP contribution is -2.22. The van der Waals surface area contributed by atoms with Gasteiger partial charge in [0, 0.05) is 0 Å². The summed E-state index contributed by atoms with van der Waals surface area (Å²) in [5.41, 5.74) is 4.93. The zero-order valence-corrected chi connectivity index (χ0v) is 19.3. The van der Waals surface area contributed by atoms with Crippen LogP contribution in [0.5, 0.6) is 11.5 Å². The molecule has 0 radical (unpaired) electrons. The molecule has 1 N–H and O–H groups in total. The Balaban J connectivity index is 1.36. The van der Waals surface area contributed by atoms with Crippen molar-refractivity contribution in [2.75, 3.05) is 13.7 Å². The number of hydrazone groups is 1. The zero-order chi connectivity index (χ0) is 24.6. The third-order valence-electron chi connectivity index (χ3n) is 4.93. The lowest BCUT2D eigenvalue weighted by molar-refractivity contribution is -0.121. The number of ether oxygens (including phenoxy) is 3. The Hall–Kier alpha value is -4.60. The van der Waals surface area contributed by atoms with Crippen molar-refractivity contribution in [1.29, 1.82) is 0 Å². The monoisotopic (exact) mass is 476 g/mol. The Morgan fingerprint density at radius 2 is 1.97 bits per heavy atom. The lowest BCUT2D eigenvalue weighted by Gasteiger charge is -2.11. The van der Waals surface area contributed by atoms with Crippen LogP contribution in [0.4, 0.5) is 0 Å². The van der Waals surface area contributed by atoms with Crippen molar-refractivity contribution in [1.82, 2.24) is 15.0 Å². The first kappa shape index (κ1) is 23.6. The van der Waals surface area contributed by atoms with Crippen LogP contribution in [0.3, 0.4) is 0 Å². The average molecular weight is 476 g/mol. The molecule has 4 rings (SSSR count). The number of hydrogen-bond donors (Lipinski definition) is 1. The maximum atomic E-state index is 12.3. The van der Waals surface area contributed by atoms with Crippen LogP contribution in [0.25, 0.3) is 11.0 Å². The second kappa shape index (κ2) is 11.0. The Bertz CT molecular complexity index is 1360. The number of amides is 1. The molecule has 2 aromatic heterocycles. The molecular weight excluding hydrogens is 452 g/mol. The van der Waals surface area contributed by atoms with Gasteiger partial charge >= 0.3 is 5.97 Å². The van der Waals surface area contributed by atoms with Crippen molar-refractivity contribution < 1.29 is 28.2 Å².